The van der Waals surface area contributed by atoms with Crippen LogP contribution in [0.5, 0.6) is 11.5 Å². The molecule has 0 radical (unpaired) electrons. The highest BCUT2D eigenvalue weighted by molar-refractivity contribution is 5.66. The second kappa shape index (κ2) is 7.28. The van der Waals surface area contributed by atoms with Crippen LogP contribution in [0.25, 0.3) is 0 Å². The molecule has 0 unspecified atom stereocenters. The van der Waals surface area contributed by atoms with Gasteiger partial charge in [-0.15, -0.1) is 0 Å². The van der Waals surface area contributed by atoms with Gasteiger partial charge in [0.15, 0.2) is 0 Å². The van der Waals surface area contributed by atoms with Crippen molar-refractivity contribution in [1.29, 1.82) is 0 Å². The smallest absolute Gasteiger partial charge is 0.304 e. The summed E-state index contributed by atoms with van der Waals surface area (Å²) in [5.74, 6) is 0.269. The van der Waals surface area contributed by atoms with Gasteiger partial charge >= 0.3 is 5.97 Å². The first-order chi connectivity index (χ1) is 10.1. The molecule has 0 spiro atoms. The van der Waals surface area contributed by atoms with E-state index in [9.17, 15) is 9.90 Å². The first-order valence-electron chi connectivity index (χ1n) is 7.11. The molecule has 1 heterocycles. The third-order valence-corrected chi connectivity index (χ3v) is 3.79. The Balaban J connectivity index is 1.84. The number of rotatable bonds is 6. The summed E-state index contributed by atoms with van der Waals surface area (Å²) in [6.07, 6.45) is 0.191. The molecule has 1 aromatic rings. The van der Waals surface area contributed by atoms with E-state index in [2.05, 4.69) is 9.80 Å². The van der Waals surface area contributed by atoms with Gasteiger partial charge in [0.25, 0.3) is 0 Å². The number of carbonyl (C=O) groups is 1. The molecular formula is C15H22N2O4. The Morgan fingerprint density at radius 2 is 1.90 bits per heavy atom. The summed E-state index contributed by atoms with van der Waals surface area (Å²) in [6.45, 7) is 4.74. The maximum absolute atomic E-state index is 10.6. The number of aliphatic carboxylic acids is 1. The van der Waals surface area contributed by atoms with E-state index in [1.165, 1.54) is 0 Å². The number of phenols is 1. The van der Waals surface area contributed by atoms with Crippen LogP contribution in [0.4, 0.5) is 0 Å². The quantitative estimate of drug-likeness (QED) is 0.815. The minimum Gasteiger partial charge on any atom is -0.508 e. The number of methoxy groups -OCH3 is 1. The van der Waals surface area contributed by atoms with Gasteiger partial charge in [-0.2, -0.15) is 0 Å². The van der Waals surface area contributed by atoms with Gasteiger partial charge < -0.3 is 19.8 Å². The standard InChI is InChI=1S/C15H22N2O4/c1-21-13-2-3-14(18)12(10-13)11-17-8-6-16(7-9-17)5-4-15(19)20/h2-3,10,18H,4-9,11H2,1H3,(H,19,20). The molecule has 1 fully saturated rings. The highest BCUT2D eigenvalue weighted by Crippen LogP contribution is 2.24. The van der Waals surface area contributed by atoms with Crippen molar-refractivity contribution in [3.05, 3.63) is 23.8 Å². The zero-order valence-electron chi connectivity index (χ0n) is 12.3. The van der Waals surface area contributed by atoms with Crippen LogP contribution in [0.2, 0.25) is 0 Å². The van der Waals surface area contributed by atoms with Crippen LogP contribution in [-0.2, 0) is 11.3 Å². The molecule has 0 bridgehead atoms. The molecule has 116 valence electrons. The number of hydrogen-bond acceptors (Lipinski definition) is 5. The van der Waals surface area contributed by atoms with Crippen LogP contribution in [0.15, 0.2) is 18.2 Å². The molecule has 1 aromatic carbocycles. The molecule has 0 atom stereocenters. The summed E-state index contributed by atoms with van der Waals surface area (Å²) in [5, 5.41) is 18.6. The van der Waals surface area contributed by atoms with Gasteiger partial charge in [0, 0.05) is 44.8 Å². The van der Waals surface area contributed by atoms with E-state index in [1.54, 1.807) is 19.2 Å². The van der Waals surface area contributed by atoms with Gasteiger partial charge in [-0.05, 0) is 18.2 Å². The molecule has 2 rings (SSSR count). The largest absolute Gasteiger partial charge is 0.508 e. The number of ether oxygens (including phenoxy) is 1. The van der Waals surface area contributed by atoms with Crippen LogP contribution < -0.4 is 4.74 Å². The maximum atomic E-state index is 10.6. The molecule has 6 heteroatoms. The van der Waals surface area contributed by atoms with Crippen molar-refractivity contribution in [3.63, 3.8) is 0 Å². The molecule has 1 saturated heterocycles. The first-order valence-corrected chi connectivity index (χ1v) is 7.11. The summed E-state index contributed by atoms with van der Waals surface area (Å²) >= 11 is 0. The number of piperazine rings is 1. The Labute approximate surface area is 124 Å². The SMILES string of the molecule is COc1ccc(O)c(CN2CCN(CCC(=O)O)CC2)c1. The molecule has 21 heavy (non-hydrogen) atoms. The van der Waals surface area contributed by atoms with E-state index >= 15 is 0 Å². The van der Waals surface area contributed by atoms with Crippen LogP contribution in [-0.4, -0.2) is 65.8 Å². The Morgan fingerprint density at radius 1 is 1.24 bits per heavy atom. The molecule has 1 aliphatic heterocycles. The fourth-order valence-electron chi connectivity index (χ4n) is 2.48. The van der Waals surface area contributed by atoms with Gasteiger partial charge in [0.1, 0.15) is 11.5 Å². The average molecular weight is 294 g/mol. The van der Waals surface area contributed by atoms with Crippen molar-refractivity contribution in [2.24, 2.45) is 0 Å². The molecule has 0 aliphatic carbocycles. The second-order valence-electron chi connectivity index (χ2n) is 5.26. The fraction of sp³-hybridized carbons (Fsp3) is 0.533. The van der Waals surface area contributed by atoms with Crippen molar-refractivity contribution >= 4 is 5.97 Å². The Morgan fingerprint density at radius 3 is 2.52 bits per heavy atom. The Bertz CT molecular complexity index is 485. The van der Waals surface area contributed by atoms with Crippen molar-refractivity contribution in [2.75, 3.05) is 39.8 Å². The van der Waals surface area contributed by atoms with Crippen molar-refractivity contribution in [2.45, 2.75) is 13.0 Å². The van der Waals surface area contributed by atoms with Gasteiger partial charge in [-0.3, -0.25) is 9.69 Å². The van der Waals surface area contributed by atoms with Crippen molar-refractivity contribution in [3.8, 4) is 11.5 Å². The monoisotopic (exact) mass is 294 g/mol. The maximum Gasteiger partial charge on any atom is 0.304 e. The third kappa shape index (κ3) is 4.61. The van der Waals surface area contributed by atoms with E-state index < -0.39 is 5.97 Å². The molecule has 2 N–H and O–H groups in total. The lowest BCUT2D eigenvalue weighted by atomic mass is 10.1. The summed E-state index contributed by atoms with van der Waals surface area (Å²) in [4.78, 5) is 15.0. The number of nitrogens with zero attached hydrogens (tertiary/aromatic N) is 2. The lowest BCUT2D eigenvalue weighted by Crippen LogP contribution is -2.46. The molecule has 6 nitrogen and oxygen atoms in total. The Kier molecular flexibility index (Phi) is 5.41. The van der Waals surface area contributed by atoms with Crippen molar-refractivity contribution in [1.82, 2.24) is 9.80 Å². The van der Waals surface area contributed by atoms with E-state index in [-0.39, 0.29) is 12.2 Å². The first kappa shape index (κ1) is 15.6. The highest BCUT2D eigenvalue weighted by Gasteiger charge is 2.18. The number of aromatic hydroxyl groups is 1. The van der Waals surface area contributed by atoms with Crippen LogP contribution in [0.1, 0.15) is 12.0 Å². The zero-order valence-corrected chi connectivity index (χ0v) is 12.3. The number of carboxylic acid groups (broad SMARTS) is 1. The average Bonchev–Trinajstić information content (AvgIpc) is 2.48. The minimum absolute atomic E-state index is 0.191. The summed E-state index contributed by atoms with van der Waals surface area (Å²) < 4.78 is 5.18. The molecular weight excluding hydrogens is 272 g/mol. The predicted molar refractivity (Wildman–Crippen MR) is 78.6 cm³/mol. The van der Waals surface area contributed by atoms with Crippen LogP contribution in [0.3, 0.4) is 0 Å². The predicted octanol–water partition coefficient (Wildman–Crippen LogP) is 0.993. The normalized spacial score (nSPS) is 16.8. The molecule has 0 amide bonds. The van der Waals surface area contributed by atoms with E-state index in [0.717, 1.165) is 37.5 Å². The van der Waals surface area contributed by atoms with Crippen molar-refractivity contribution < 1.29 is 19.7 Å². The van der Waals surface area contributed by atoms with Gasteiger partial charge in [-0.25, -0.2) is 0 Å². The van der Waals surface area contributed by atoms with Crippen LogP contribution >= 0.6 is 0 Å². The number of hydrogen-bond donors (Lipinski definition) is 2. The van der Waals surface area contributed by atoms with Gasteiger partial charge in [0.05, 0.1) is 13.5 Å². The lowest BCUT2D eigenvalue weighted by molar-refractivity contribution is -0.137. The zero-order chi connectivity index (χ0) is 15.2. The van der Waals surface area contributed by atoms with E-state index in [1.807, 2.05) is 6.07 Å². The number of carboxylic acids is 1. The third-order valence-electron chi connectivity index (χ3n) is 3.79. The van der Waals surface area contributed by atoms with Gasteiger partial charge in [0.2, 0.25) is 0 Å². The second-order valence-corrected chi connectivity index (χ2v) is 5.26. The fourth-order valence-corrected chi connectivity index (χ4v) is 2.48. The van der Waals surface area contributed by atoms with E-state index in [4.69, 9.17) is 9.84 Å². The van der Waals surface area contributed by atoms with Gasteiger partial charge in [-0.1, -0.05) is 0 Å². The number of benzene rings is 1. The molecule has 0 aromatic heterocycles. The highest BCUT2D eigenvalue weighted by atomic mass is 16.5. The summed E-state index contributed by atoms with van der Waals surface area (Å²) in [6, 6.07) is 5.24. The molecule has 0 saturated carbocycles. The lowest BCUT2D eigenvalue weighted by Gasteiger charge is -2.34. The topological polar surface area (TPSA) is 73.2 Å². The summed E-state index contributed by atoms with van der Waals surface area (Å²) in [5.41, 5.74) is 0.855. The Hall–Kier alpha value is -1.79. The van der Waals surface area contributed by atoms with Crippen LogP contribution in [0, 0.1) is 0 Å². The minimum atomic E-state index is -0.751. The molecule has 1 aliphatic rings. The summed E-state index contributed by atoms with van der Waals surface area (Å²) in [7, 11) is 1.61. The van der Waals surface area contributed by atoms with E-state index in [0.29, 0.717) is 13.1 Å². The number of phenolic OH excluding ortho intramolecular Hbond substituents is 1.